The number of carbonyl (C=O) groups excluding carboxylic acids is 2. The predicted octanol–water partition coefficient (Wildman–Crippen LogP) is -1.33. The van der Waals surface area contributed by atoms with E-state index in [0.717, 1.165) is 0 Å². The maximum Gasteiger partial charge on any atom is 0.337 e. The van der Waals surface area contributed by atoms with Gasteiger partial charge in [0.25, 0.3) is 0 Å². The largest absolute Gasteiger partial charge is 0.468 e. The van der Waals surface area contributed by atoms with Gasteiger partial charge >= 0.3 is 11.9 Å². The van der Waals surface area contributed by atoms with Crippen LogP contribution in [0.4, 0.5) is 0 Å². The van der Waals surface area contributed by atoms with Gasteiger partial charge in [-0.15, -0.1) is 0 Å². The van der Waals surface area contributed by atoms with E-state index in [1.807, 2.05) is 0 Å². The van der Waals surface area contributed by atoms with Crippen LogP contribution in [-0.4, -0.2) is 45.4 Å². The summed E-state index contributed by atoms with van der Waals surface area (Å²) in [5.74, 6) is -1.43. The Labute approximate surface area is 75.9 Å². The molecule has 76 valence electrons. The van der Waals surface area contributed by atoms with E-state index in [2.05, 4.69) is 14.2 Å². The summed E-state index contributed by atoms with van der Waals surface area (Å²) in [6, 6.07) is -1.16. The second kappa shape index (κ2) is 5.50. The van der Waals surface area contributed by atoms with Crippen LogP contribution in [0.25, 0.3) is 0 Å². The Balaban J connectivity index is 4.39. The van der Waals surface area contributed by atoms with Crippen LogP contribution in [0.15, 0.2) is 0 Å². The van der Waals surface area contributed by atoms with Gasteiger partial charge in [0.2, 0.25) is 0 Å². The molecule has 0 aromatic carbocycles. The minimum atomic E-state index is -1.16. The number of carbonyl (C=O) groups is 2. The van der Waals surface area contributed by atoms with Crippen molar-refractivity contribution >= 4 is 11.9 Å². The molecule has 0 aliphatic carbocycles. The van der Waals surface area contributed by atoms with Crippen LogP contribution in [0.1, 0.15) is 0 Å². The van der Waals surface area contributed by atoms with Gasteiger partial charge in [-0.3, -0.25) is 4.79 Å². The second-order valence-electron chi connectivity index (χ2n) is 2.23. The van der Waals surface area contributed by atoms with Gasteiger partial charge in [-0.25, -0.2) is 4.79 Å². The highest BCUT2D eigenvalue weighted by molar-refractivity contribution is 5.86. The minimum Gasteiger partial charge on any atom is -0.468 e. The standard InChI is InChI=1S/C7H13NO5/c1-11-5(7(10)13-3)4(8)6(9)12-2/h4-5H,8H2,1-3H3/t4-,5-/m1/s1. The van der Waals surface area contributed by atoms with Gasteiger partial charge in [0.1, 0.15) is 6.04 Å². The Morgan fingerprint density at radius 3 is 1.85 bits per heavy atom. The Morgan fingerprint density at radius 2 is 1.54 bits per heavy atom. The van der Waals surface area contributed by atoms with Crippen LogP contribution < -0.4 is 5.73 Å². The minimum absolute atomic E-state index is 0.708. The summed E-state index contributed by atoms with van der Waals surface area (Å²) in [7, 11) is 3.61. The average molecular weight is 191 g/mol. The molecule has 2 N–H and O–H groups in total. The average Bonchev–Trinajstić information content (AvgIpc) is 2.17. The fourth-order valence-corrected chi connectivity index (χ4v) is 0.765. The fourth-order valence-electron chi connectivity index (χ4n) is 0.765. The molecule has 0 aliphatic rings. The number of hydrogen-bond donors (Lipinski definition) is 1. The molecule has 0 heterocycles. The first-order valence-electron chi connectivity index (χ1n) is 3.52. The molecule has 0 aromatic rings. The molecule has 0 aliphatic heterocycles. The topological polar surface area (TPSA) is 87.9 Å². The van der Waals surface area contributed by atoms with Gasteiger partial charge in [-0.1, -0.05) is 0 Å². The Hall–Kier alpha value is -1.14. The highest BCUT2D eigenvalue weighted by Crippen LogP contribution is 2.00. The second-order valence-corrected chi connectivity index (χ2v) is 2.23. The molecule has 2 atom stereocenters. The number of esters is 2. The van der Waals surface area contributed by atoms with Crippen molar-refractivity contribution in [1.29, 1.82) is 0 Å². The highest BCUT2D eigenvalue weighted by Gasteiger charge is 2.32. The van der Waals surface area contributed by atoms with Crippen molar-refractivity contribution in [2.24, 2.45) is 5.73 Å². The smallest absolute Gasteiger partial charge is 0.337 e. The maximum absolute atomic E-state index is 11.0. The Morgan fingerprint density at radius 1 is 1.08 bits per heavy atom. The molecule has 0 radical (unpaired) electrons. The van der Waals surface area contributed by atoms with Crippen LogP contribution in [-0.2, 0) is 23.8 Å². The van der Waals surface area contributed by atoms with Gasteiger partial charge in [0, 0.05) is 7.11 Å². The lowest BCUT2D eigenvalue weighted by atomic mass is 10.2. The lowest BCUT2D eigenvalue weighted by molar-refractivity contribution is -0.160. The molecule has 6 nitrogen and oxygen atoms in total. The molecule has 0 saturated carbocycles. The molecular weight excluding hydrogens is 178 g/mol. The quantitative estimate of drug-likeness (QED) is 0.554. The monoisotopic (exact) mass is 191 g/mol. The molecule has 6 heteroatoms. The molecule has 0 spiro atoms. The normalized spacial score (nSPS) is 14.5. The van der Waals surface area contributed by atoms with Crippen molar-refractivity contribution in [2.45, 2.75) is 12.1 Å². The van der Waals surface area contributed by atoms with Crippen molar-refractivity contribution in [3.05, 3.63) is 0 Å². The van der Waals surface area contributed by atoms with Crippen molar-refractivity contribution in [3.63, 3.8) is 0 Å². The van der Waals surface area contributed by atoms with E-state index in [1.54, 1.807) is 0 Å². The molecule has 13 heavy (non-hydrogen) atoms. The van der Waals surface area contributed by atoms with E-state index in [4.69, 9.17) is 5.73 Å². The van der Waals surface area contributed by atoms with Crippen LogP contribution >= 0.6 is 0 Å². The maximum atomic E-state index is 11.0. The summed E-state index contributed by atoms with van der Waals surface area (Å²) in [6.45, 7) is 0. The van der Waals surface area contributed by atoms with Crippen molar-refractivity contribution in [2.75, 3.05) is 21.3 Å². The van der Waals surface area contributed by atoms with Crippen molar-refractivity contribution in [1.82, 2.24) is 0 Å². The third-order valence-electron chi connectivity index (χ3n) is 1.49. The Bertz CT molecular complexity index is 193. The highest BCUT2D eigenvalue weighted by atomic mass is 16.6. The third-order valence-corrected chi connectivity index (χ3v) is 1.49. The molecule has 0 unspecified atom stereocenters. The van der Waals surface area contributed by atoms with E-state index in [0.29, 0.717) is 0 Å². The van der Waals surface area contributed by atoms with E-state index < -0.39 is 24.1 Å². The lowest BCUT2D eigenvalue weighted by Gasteiger charge is -2.17. The van der Waals surface area contributed by atoms with Gasteiger partial charge in [-0.05, 0) is 0 Å². The summed E-state index contributed by atoms with van der Waals surface area (Å²) in [5, 5.41) is 0. The van der Waals surface area contributed by atoms with Gasteiger partial charge < -0.3 is 19.9 Å². The van der Waals surface area contributed by atoms with E-state index in [1.165, 1.54) is 21.3 Å². The number of rotatable bonds is 4. The molecule has 0 saturated heterocycles. The third kappa shape index (κ3) is 3.00. The fraction of sp³-hybridized carbons (Fsp3) is 0.714. The molecule has 0 amide bonds. The lowest BCUT2D eigenvalue weighted by Crippen LogP contribution is -2.48. The van der Waals surface area contributed by atoms with Crippen LogP contribution in [0.2, 0.25) is 0 Å². The number of methoxy groups -OCH3 is 3. The van der Waals surface area contributed by atoms with Crippen molar-refractivity contribution < 1.29 is 23.8 Å². The Kier molecular flexibility index (Phi) is 5.01. The zero-order valence-corrected chi connectivity index (χ0v) is 7.77. The molecular formula is C7H13NO5. The first-order chi connectivity index (χ1) is 6.08. The van der Waals surface area contributed by atoms with Crippen LogP contribution in [0.5, 0.6) is 0 Å². The molecule has 0 fully saturated rings. The van der Waals surface area contributed by atoms with E-state index >= 15 is 0 Å². The van der Waals surface area contributed by atoms with E-state index in [-0.39, 0.29) is 0 Å². The number of hydrogen-bond acceptors (Lipinski definition) is 6. The van der Waals surface area contributed by atoms with Crippen LogP contribution in [0.3, 0.4) is 0 Å². The summed E-state index contributed by atoms with van der Waals surface area (Å²) in [5.41, 5.74) is 5.36. The zero-order valence-electron chi connectivity index (χ0n) is 7.77. The van der Waals surface area contributed by atoms with Gasteiger partial charge in [0.15, 0.2) is 6.10 Å². The number of ether oxygens (including phenoxy) is 3. The molecule has 0 rings (SSSR count). The predicted molar refractivity (Wildman–Crippen MR) is 42.8 cm³/mol. The zero-order chi connectivity index (χ0) is 10.4. The number of nitrogens with two attached hydrogens (primary N) is 1. The first-order valence-corrected chi connectivity index (χ1v) is 3.52. The van der Waals surface area contributed by atoms with Crippen LogP contribution in [0, 0.1) is 0 Å². The van der Waals surface area contributed by atoms with Gasteiger partial charge in [0.05, 0.1) is 14.2 Å². The van der Waals surface area contributed by atoms with Gasteiger partial charge in [-0.2, -0.15) is 0 Å². The summed E-state index contributed by atoms with van der Waals surface area (Å²) >= 11 is 0. The molecule has 0 bridgehead atoms. The SMILES string of the molecule is COC(=O)[C@H](N)[C@@H](OC)C(=O)OC. The summed E-state index contributed by atoms with van der Waals surface area (Å²) in [6.07, 6.45) is -1.13. The molecule has 0 aromatic heterocycles. The van der Waals surface area contributed by atoms with E-state index in [9.17, 15) is 9.59 Å². The summed E-state index contributed by atoms with van der Waals surface area (Å²) in [4.78, 5) is 21.9. The first kappa shape index (κ1) is 11.9. The van der Waals surface area contributed by atoms with Crippen molar-refractivity contribution in [3.8, 4) is 0 Å². The summed E-state index contributed by atoms with van der Waals surface area (Å²) < 4.78 is 13.4.